The Morgan fingerprint density at radius 2 is 1.82 bits per heavy atom. The molecular weight excluding hydrogens is 532 g/mol. The Bertz CT molecular complexity index is 774. The van der Waals surface area contributed by atoms with Crippen molar-refractivity contribution in [1.29, 1.82) is 0 Å². The van der Waals surface area contributed by atoms with Crippen LogP contribution in [-0.4, -0.2) is 55.7 Å². The van der Waals surface area contributed by atoms with Gasteiger partial charge in [0.2, 0.25) is 0 Å². The van der Waals surface area contributed by atoms with Crippen LogP contribution in [-0.2, 0) is 23.5 Å². The van der Waals surface area contributed by atoms with Crippen LogP contribution in [0.2, 0.25) is 18.1 Å². The highest BCUT2D eigenvalue weighted by molar-refractivity contribution is 6.74. The number of carbonyl (C=O) groups excluding carboxylic acids is 1. The average Bonchev–Trinajstić information content (AvgIpc) is 3.12. The number of carboxylic acids is 1. The lowest BCUT2D eigenvalue weighted by molar-refractivity contribution is -0.192. The van der Waals surface area contributed by atoms with Gasteiger partial charge in [-0.1, -0.05) is 46.1 Å². The SMILES string of the molecule is C[C@H](CCCC(=O)C=C[C@@H]1[C@@H](CCCCCCC(=O)O)[C@H](Cl)C[C@H]1OC1CCCCO1)O[Si](C)(C)C(C)(C)C. The van der Waals surface area contributed by atoms with E-state index in [2.05, 4.69) is 46.9 Å². The predicted octanol–water partition coefficient (Wildman–Crippen LogP) is 8.27. The van der Waals surface area contributed by atoms with Crippen molar-refractivity contribution in [3.8, 4) is 0 Å². The largest absolute Gasteiger partial charge is 0.481 e. The highest BCUT2D eigenvalue weighted by Gasteiger charge is 2.42. The van der Waals surface area contributed by atoms with Gasteiger partial charge in [0.25, 0.3) is 0 Å². The molecule has 1 aliphatic carbocycles. The van der Waals surface area contributed by atoms with E-state index in [1.54, 1.807) is 6.08 Å². The van der Waals surface area contributed by atoms with E-state index in [0.717, 1.165) is 70.8 Å². The number of unbranched alkanes of at least 4 members (excludes halogenated alkanes) is 3. The molecule has 1 N–H and O–H groups in total. The predicted molar refractivity (Wildman–Crippen MR) is 161 cm³/mol. The maximum absolute atomic E-state index is 12.8. The second-order valence-corrected chi connectivity index (χ2v) is 18.5. The number of aliphatic carboxylic acids is 1. The van der Waals surface area contributed by atoms with Crippen LogP contribution in [0.4, 0.5) is 0 Å². The molecule has 0 spiro atoms. The van der Waals surface area contributed by atoms with Crippen LogP contribution in [0.15, 0.2) is 12.2 Å². The molecule has 2 rings (SSSR count). The van der Waals surface area contributed by atoms with Crippen LogP contribution < -0.4 is 0 Å². The lowest BCUT2D eigenvalue weighted by Crippen LogP contribution is -2.43. The molecule has 226 valence electrons. The van der Waals surface area contributed by atoms with E-state index in [4.69, 9.17) is 30.6 Å². The molecule has 1 unspecified atom stereocenters. The van der Waals surface area contributed by atoms with Crippen molar-refractivity contribution in [3.05, 3.63) is 12.2 Å². The molecule has 2 aliphatic rings. The summed E-state index contributed by atoms with van der Waals surface area (Å²) in [6, 6.07) is 0. The second-order valence-electron chi connectivity index (χ2n) is 13.2. The highest BCUT2D eigenvalue weighted by atomic mass is 35.5. The first-order valence-corrected chi connectivity index (χ1v) is 18.7. The molecule has 0 aromatic rings. The van der Waals surface area contributed by atoms with E-state index in [1.165, 1.54) is 0 Å². The fourth-order valence-corrected chi connectivity index (χ4v) is 7.43. The number of ether oxygens (including phenoxy) is 2. The van der Waals surface area contributed by atoms with Crippen LogP contribution in [0.1, 0.15) is 111 Å². The Hall–Kier alpha value is -0.733. The Balaban J connectivity index is 1.91. The Kier molecular flexibility index (Phi) is 14.7. The molecule has 0 aromatic heterocycles. The fraction of sp³-hybridized carbons (Fsp3) is 0.871. The van der Waals surface area contributed by atoms with Gasteiger partial charge in [0.1, 0.15) is 0 Å². The minimum absolute atomic E-state index is 0.00398. The van der Waals surface area contributed by atoms with Gasteiger partial charge in [0.15, 0.2) is 20.4 Å². The lowest BCUT2D eigenvalue weighted by Gasteiger charge is -2.38. The first-order valence-electron chi connectivity index (χ1n) is 15.3. The summed E-state index contributed by atoms with van der Waals surface area (Å²) >= 11 is 6.86. The molecule has 1 aliphatic heterocycles. The number of carboxylic acid groups (broad SMARTS) is 1. The quantitative estimate of drug-likeness (QED) is 0.0799. The van der Waals surface area contributed by atoms with Crippen molar-refractivity contribution in [1.82, 2.24) is 0 Å². The zero-order valence-electron chi connectivity index (χ0n) is 25.4. The molecule has 0 amide bonds. The molecule has 6 nitrogen and oxygen atoms in total. The number of carbonyl (C=O) groups is 2. The van der Waals surface area contributed by atoms with Gasteiger partial charge in [0.05, 0.1) is 6.10 Å². The van der Waals surface area contributed by atoms with Gasteiger partial charge in [-0.3, -0.25) is 9.59 Å². The van der Waals surface area contributed by atoms with Gasteiger partial charge in [-0.2, -0.15) is 0 Å². The van der Waals surface area contributed by atoms with Crippen molar-refractivity contribution in [2.24, 2.45) is 11.8 Å². The number of allylic oxidation sites excluding steroid dienone is 1. The van der Waals surface area contributed by atoms with Crippen LogP contribution >= 0.6 is 11.6 Å². The van der Waals surface area contributed by atoms with Crippen LogP contribution in [0.5, 0.6) is 0 Å². The van der Waals surface area contributed by atoms with Crippen molar-refractivity contribution in [2.75, 3.05) is 6.61 Å². The third kappa shape index (κ3) is 12.3. The monoisotopic (exact) mass is 586 g/mol. The Morgan fingerprint density at radius 1 is 1.10 bits per heavy atom. The molecule has 6 atom stereocenters. The van der Waals surface area contributed by atoms with Crippen molar-refractivity contribution in [2.45, 2.75) is 153 Å². The van der Waals surface area contributed by atoms with E-state index in [0.29, 0.717) is 12.8 Å². The standard InChI is InChI=1S/C31H55ClO6Si/c1-23(38-39(5,6)31(2,3)4)14-13-15-24(33)19-20-26-25(16-9-7-8-10-17-29(34)35)27(32)22-28(26)37-30-18-11-12-21-36-30/h19-20,23,25-28,30H,7-18,21-22H2,1-6H3,(H,34,35)/t23-,25-,26-,27-,28-,30?/m1/s1. The summed E-state index contributed by atoms with van der Waals surface area (Å²) in [6.07, 6.45) is 14.6. The first-order chi connectivity index (χ1) is 18.3. The van der Waals surface area contributed by atoms with E-state index in [-0.39, 0.29) is 53.0 Å². The molecular formula is C31H55ClO6Si. The molecule has 2 fully saturated rings. The molecule has 0 radical (unpaired) electrons. The third-order valence-electron chi connectivity index (χ3n) is 8.83. The summed E-state index contributed by atoms with van der Waals surface area (Å²) in [5.74, 6) is -0.264. The maximum atomic E-state index is 12.8. The zero-order chi connectivity index (χ0) is 29.1. The number of ketones is 1. The van der Waals surface area contributed by atoms with Crippen molar-refractivity contribution >= 4 is 31.7 Å². The number of halogens is 1. The zero-order valence-corrected chi connectivity index (χ0v) is 27.1. The van der Waals surface area contributed by atoms with Crippen LogP contribution in [0.3, 0.4) is 0 Å². The summed E-state index contributed by atoms with van der Waals surface area (Å²) in [4.78, 5) is 23.6. The smallest absolute Gasteiger partial charge is 0.303 e. The van der Waals surface area contributed by atoms with E-state index in [1.807, 2.05) is 0 Å². The molecule has 0 bridgehead atoms. The topological polar surface area (TPSA) is 82.1 Å². The third-order valence-corrected chi connectivity index (χ3v) is 13.9. The highest BCUT2D eigenvalue weighted by Crippen LogP contribution is 2.43. The van der Waals surface area contributed by atoms with Gasteiger partial charge in [-0.05, 0) is 88.4 Å². The first kappa shape index (κ1) is 34.5. The maximum Gasteiger partial charge on any atom is 0.303 e. The minimum atomic E-state index is -1.80. The Morgan fingerprint density at radius 3 is 2.46 bits per heavy atom. The van der Waals surface area contributed by atoms with Crippen molar-refractivity contribution in [3.63, 3.8) is 0 Å². The van der Waals surface area contributed by atoms with E-state index in [9.17, 15) is 9.59 Å². The summed E-state index contributed by atoms with van der Waals surface area (Å²) in [6.45, 7) is 14.1. The van der Waals surface area contributed by atoms with Gasteiger partial charge >= 0.3 is 5.97 Å². The molecule has 1 saturated heterocycles. The average molecular weight is 587 g/mol. The molecule has 1 saturated carbocycles. The van der Waals surface area contributed by atoms with Crippen LogP contribution in [0.25, 0.3) is 0 Å². The van der Waals surface area contributed by atoms with Gasteiger partial charge in [-0.15, -0.1) is 11.6 Å². The second kappa shape index (κ2) is 16.6. The Labute approximate surface area is 243 Å². The fourth-order valence-electron chi connectivity index (χ4n) is 5.48. The number of hydrogen-bond acceptors (Lipinski definition) is 5. The van der Waals surface area contributed by atoms with Crippen LogP contribution in [0, 0.1) is 11.8 Å². The number of rotatable bonds is 17. The summed E-state index contributed by atoms with van der Waals surface area (Å²) in [7, 11) is -1.80. The van der Waals surface area contributed by atoms with Gasteiger partial charge in [-0.25, -0.2) is 0 Å². The van der Waals surface area contributed by atoms with Crippen molar-refractivity contribution < 1.29 is 28.6 Å². The molecule has 1 heterocycles. The summed E-state index contributed by atoms with van der Waals surface area (Å²) in [5.41, 5.74) is 0. The van der Waals surface area contributed by atoms with Gasteiger partial charge < -0.3 is 19.0 Å². The molecule has 8 heteroatoms. The van der Waals surface area contributed by atoms with E-state index < -0.39 is 14.3 Å². The summed E-state index contributed by atoms with van der Waals surface area (Å²) in [5, 5.41) is 9.03. The number of hydrogen-bond donors (Lipinski definition) is 1. The number of alkyl halides is 1. The molecule has 39 heavy (non-hydrogen) atoms. The normalized spacial score (nSPS) is 27.2. The molecule has 0 aromatic carbocycles. The minimum Gasteiger partial charge on any atom is -0.481 e. The summed E-state index contributed by atoms with van der Waals surface area (Å²) < 4.78 is 18.7. The lowest BCUT2D eigenvalue weighted by atomic mass is 9.88. The van der Waals surface area contributed by atoms with E-state index >= 15 is 0 Å². The van der Waals surface area contributed by atoms with Gasteiger partial charge in [0, 0.05) is 36.8 Å².